The second kappa shape index (κ2) is 4.68. The summed E-state index contributed by atoms with van der Waals surface area (Å²) in [5.41, 5.74) is 0. The van der Waals surface area contributed by atoms with Gasteiger partial charge in [0.1, 0.15) is 0 Å². The Bertz CT molecular complexity index is 87.7. The molecule has 0 aliphatic carbocycles. The van der Waals surface area contributed by atoms with Gasteiger partial charge < -0.3 is 19.4 Å². The van der Waals surface area contributed by atoms with Gasteiger partial charge in [-0.2, -0.15) is 0 Å². The van der Waals surface area contributed by atoms with Crippen molar-refractivity contribution < 1.29 is 19.4 Å². The van der Waals surface area contributed by atoms with Crippen LogP contribution < -0.4 is 0 Å². The minimum Gasteiger partial charge on any atom is -0.402 e. The van der Waals surface area contributed by atoms with E-state index in [0.717, 1.165) is 0 Å². The number of hydrogen-bond acceptors (Lipinski definition) is 4. The summed E-state index contributed by atoms with van der Waals surface area (Å²) in [4.78, 5) is 0. The van der Waals surface area contributed by atoms with Crippen LogP contribution in [-0.2, 0) is 9.39 Å². The fraction of sp³-hybridized carbons (Fsp3) is 1.00. The van der Waals surface area contributed by atoms with E-state index >= 15 is 0 Å². The Morgan fingerprint density at radius 3 is 2.00 bits per heavy atom. The normalized spacial score (nSPS) is 16.5. The van der Waals surface area contributed by atoms with Gasteiger partial charge in [0.15, 0.2) is 0 Å². The molecule has 0 aliphatic heterocycles. The van der Waals surface area contributed by atoms with Crippen LogP contribution in [-0.4, -0.2) is 36.7 Å². The zero-order chi connectivity index (χ0) is 8.15. The lowest BCUT2D eigenvalue weighted by Crippen LogP contribution is -2.32. The van der Waals surface area contributed by atoms with Crippen LogP contribution in [0.5, 0.6) is 0 Å². The second-order valence-electron chi connectivity index (χ2n) is 2.11. The van der Waals surface area contributed by atoms with Gasteiger partial charge in [0.25, 0.3) is 0 Å². The molecule has 0 aromatic carbocycles. The van der Waals surface area contributed by atoms with E-state index in [0.29, 0.717) is 0 Å². The average molecular weight is 148 g/mol. The largest absolute Gasteiger partial charge is 0.634 e. The van der Waals surface area contributed by atoms with Gasteiger partial charge in [-0.05, 0) is 13.8 Å². The number of hydrogen-bond donors (Lipinski definition) is 2. The molecule has 0 aromatic rings. The Morgan fingerprint density at radius 2 is 1.70 bits per heavy atom. The van der Waals surface area contributed by atoms with E-state index in [9.17, 15) is 0 Å². The molecule has 0 aliphatic rings. The van der Waals surface area contributed by atoms with Crippen molar-refractivity contribution in [1.29, 1.82) is 0 Å². The Morgan fingerprint density at radius 1 is 1.20 bits per heavy atom. The molecule has 2 unspecified atom stereocenters. The van der Waals surface area contributed by atoms with Gasteiger partial charge in [-0.15, -0.1) is 0 Å². The summed E-state index contributed by atoms with van der Waals surface area (Å²) in [6, 6.07) is 0. The molecule has 2 N–H and O–H groups in total. The Hall–Kier alpha value is -0.0951. The van der Waals surface area contributed by atoms with Crippen molar-refractivity contribution in [1.82, 2.24) is 0 Å². The van der Waals surface area contributed by atoms with Crippen LogP contribution in [0.15, 0.2) is 0 Å². The van der Waals surface area contributed by atoms with Crippen LogP contribution >= 0.6 is 0 Å². The van der Waals surface area contributed by atoms with E-state index in [4.69, 9.17) is 14.8 Å². The first-order valence-electron chi connectivity index (χ1n) is 3.12. The molecule has 0 saturated carbocycles. The highest BCUT2D eigenvalue weighted by Gasteiger charge is 2.18. The van der Waals surface area contributed by atoms with Gasteiger partial charge in [0, 0.05) is 7.11 Å². The third-order valence-electron chi connectivity index (χ3n) is 1.37. The second-order valence-corrected chi connectivity index (χ2v) is 2.11. The summed E-state index contributed by atoms with van der Waals surface area (Å²) >= 11 is 0. The number of methoxy groups -OCH3 is 1. The summed E-state index contributed by atoms with van der Waals surface area (Å²) < 4.78 is 9.45. The monoisotopic (exact) mass is 148 g/mol. The molecule has 60 valence electrons. The van der Waals surface area contributed by atoms with Crippen LogP contribution in [0.1, 0.15) is 13.8 Å². The lowest BCUT2D eigenvalue weighted by molar-refractivity contribution is 0.000833. The minimum atomic E-state index is -1.72. The average Bonchev–Trinajstić information content (AvgIpc) is 1.85. The fourth-order valence-electron chi connectivity index (χ4n) is 0.494. The van der Waals surface area contributed by atoms with Crippen molar-refractivity contribution in [2.75, 3.05) is 7.11 Å². The number of ether oxygens (including phenoxy) is 1. The van der Waals surface area contributed by atoms with Crippen molar-refractivity contribution >= 4 is 7.32 Å². The maximum absolute atomic E-state index is 8.34. The summed E-state index contributed by atoms with van der Waals surface area (Å²) in [6.45, 7) is 3.49. The molecule has 0 radical (unpaired) electrons. The molecule has 4 nitrogen and oxygen atoms in total. The molecule has 5 heteroatoms. The van der Waals surface area contributed by atoms with Gasteiger partial charge in [-0.3, -0.25) is 0 Å². The minimum absolute atomic E-state index is 0.137. The van der Waals surface area contributed by atoms with Gasteiger partial charge >= 0.3 is 7.32 Å². The summed E-state index contributed by atoms with van der Waals surface area (Å²) in [6.07, 6.45) is -0.452. The standard InChI is InChI=1S/C5H13BO4/c1-4(9-3)5(2)10-6(7)8/h4-5,7-8H,1-3H3. The number of rotatable bonds is 4. The van der Waals surface area contributed by atoms with Crippen molar-refractivity contribution in [2.45, 2.75) is 26.1 Å². The third kappa shape index (κ3) is 3.84. The third-order valence-corrected chi connectivity index (χ3v) is 1.37. The Balaban J connectivity index is 3.50. The van der Waals surface area contributed by atoms with E-state index < -0.39 is 7.32 Å². The Labute approximate surface area is 60.9 Å². The molecule has 0 heterocycles. The first-order valence-corrected chi connectivity index (χ1v) is 3.12. The Kier molecular flexibility index (Phi) is 4.63. The van der Waals surface area contributed by atoms with E-state index in [-0.39, 0.29) is 12.2 Å². The van der Waals surface area contributed by atoms with E-state index in [1.165, 1.54) is 7.11 Å². The summed E-state index contributed by atoms with van der Waals surface area (Å²) in [7, 11) is -0.179. The van der Waals surface area contributed by atoms with Crippen LogP contribution in [0.2, 0.25) is 0 Å². The molecule has 0 rings (SSSR count). The lowest BCUT2D eigenvalue weighted by atomic mass is 10.2. The van der Waals surface area contributed by atoms with Gasteiger partial charge in [0.05, 0.1) is 12.2 Å². The van der Waals surface area contributed by atoms with Gasteiger partial charge in [-0.1, -0.05) is 0 Å². The summed E-state index contributed by atoms with van der Waals surface area (Å²) in [5, 5.41) is 16.7. The zero-order valence-electron chi connectivity index (χ0n) is 6.44. The zero-order valence-corrected chi connectivity index (χ0v) is 6.44. The van der Waals surface area contributed by atoms with Crippen LogP contribution in [0.25, 0.3) is 0 Å². The van der Waals surface area contributed by atoms with Crippen molar-refractivity contribution in [2.24, 2.45) is 0 Å². The highest BCUT2D eigenvalue weighted by Crippen LogP contribution is 2.01. The smallest absolute Gasteiger partial charge is 0.402 e. The van der Waals surface area contributed by atoms with Gasteiger partial charge in [-0.25, -0.2) is 0 Å². The van der Waals surface area contributed by atoms with Crippen LogP contribution in [0.3, 0.4) is 0 Å². The maximum Gasteiger partial charge on any atom is 0.634 e. The summed E-state index contributed by atoms with van der Waals surface area (Å²) in [5.74, 6) is 0. The van der Waals surface area contributed by atoms with E-state index in [1.807, 2.05) is 0 Å². The van der Waals surface area contributed by atoms with Crippen molar-refractivity contribution in [3.8, 4) is 0 Å². The van der Waals surface area contributed by atoms with Crippen molar-refractivity contribution in [3.05, 3.63) is 0 Å². The molecule has 0 amide bonds. The first-order chi connectivity index (χ1) is 4.57. The maximum atomic E-state index is 8.34. The van der Waals surface area contributed by atoms with E-state index in [1.54, 1.807) is 13.8 Å². The molecule has 0 spiro atoms. The van der Waals surface area contributed by atoms with E-state index in [2.05, 4.69) is 4.65 Å². The molecule has 0 bridgehead atoms. The predicted molar refractivity (Wildman–Crippen MR) is 37.2 cm³/mol. The molecule has 10 heavy (non-hydrogen) atoms. The predicted octanol–water partition coefficient (Wildman–Crippen LogP) is -0.604. The quantitative estimate of drug-likeness (QED) is 0.522. The molecule has 0 aromatic heterocycles. The molecular weight excluding hydrogens is 135 g/mol. The van der Waals surface area contributed by atoms with Crippen molar-refractivity contribution in [3.63, 3.8) is 0 Å². The molecular formula is C5H13BO4. The van der Waals surface area contributed by atoms with Crippen LogP contribution in [0.4, 0.5) is 0 Å². The fourth-order valence-corrected chi connectivity index (χ4v) is 0.494. The first kappa shape index (κ1) is 9.90. The highest BCUT2D eigenvalue weighted by atomic mass is 16.6. The SMILES string of the molecule is COC(C)C(C)OB(O)O. The topological polar surface area (TPSA) is 58.9 Å². The lowest BCUT2D eigenvalue weighted by Gasteiger charge is -2.18. The highest BCUT2D eigenvalue weighted by molar-refractivity contribution is 6.32. The molecule has 2 atom stereocenters. The van der Waals surface area contributed by atoms with Crippen LogP contribution in [0, 0.1) is 0 Å². The van der Waals surface area contributed by atoms with Gasteiger partial charge in [0.2, 0.25) is 0 Å². The molecule has 0 saturated heterocycles. The molecule has 0 fully saturated rings.